The summed E-state index contributed by atoms with van der Waals surface area (Å²) in [5.74, 6) is 7.94. The number of carbonyl (C=O) groups is 1. The summed E-state index contributed by atoms with van der Waals surface area (Å²) < 4.78 is 20.0. The van der Waals surface area contributed by atoms with Crippen molar-refractivity contribution in [1.29, 1.82) is 0 Å². The second kappa shape index (κ2) is 17.2. The monoisotopic (exact) mass is 732 g/mol. The molecule has 0 saturated heterocycles. The Kier molecular flexibility index (Phi) is 14.6. The van der Waals surface area contributed by atoms with E-state index in [0.717, 1.165) is 29.8 Å². The van der Waals surface area contributed by atoms with Crippen LogP contribution in [0.5, 0.6) is 5.75 Å². The van der Waals surface area contributed by atoms with Gasteiger partial charge in [0, 0.05) is 37.3 Å². The number of aromatic nitrogens is 6. The maximum Gasteiger partial charge on any atom is 0.350 e. The lowest BCUT2D eigenvalue weighted by molar-refractivity contribution is -0.138. The Morgan fingerprint density at radius 1 is 1.23 bits per heavy atom. The molecule has 6 N–H and O–H groups in total. The number of fused-ring (bicyclic) bond motifs is 1. The number of thioether (sulfide) groups is 1. The van der Waals surface area contributed by atoms with Gasteiger partial charge in [0.15, 0.2) is 7.37 Å². The Bertz CT molecular complexity index is 1780. The highest BCUT2D eigenvalue weighted by Gasteiger charge is 2.23. The molecule has 19 heteroatoms. The molecule has 0 fully saturated rings. The van der Waals surface area contributed by atoms with Crippen LogP contribution in [0.2, 0.25) is 10.0 Å². The number of ether oxygens (including phenoxy) is 1. The van der Waals surface area contributed by atoms with Crippen molar-refractivity contribution in [2.75, 3.05) is 31.5 Å². The number of aliphatic carboxylic acids is 1. The van der Waals surface area contributed by atoms with Gasteiger partial charge in [-0.2, -0.15) is 9.36 Å². The summed E-state index contributed by atoms with van der Waals surface area (Å²) >= 11 is 13.6. The molecule has 0 radical (unpaired) electrons. The number of rotatable bonds is 8. The molecule has 15 nitrogen and oxygen atoms in total. The van der Waals surface area contributed by atoms with E-state index in [1.165, 1.54) is 29.2 Å². The van der Waals surface area contributed by atoms with Crippen LogP contribution >= 0.6 is 42.3 Å². The minimum atomic E-state index is -3.10. The van der Waals surface area contributed by atoms with E-state index in [1.807, 2.05) is 20.8 Å². The van der Waals surface area contributed by atoms with E-state index in [1.54, 1.807) is 16.9 Å². The van der Waals surface area contributed by atoms with Crippen LogP contribution in [0.3, 0.4) is 0 Å². The van der Waals surface area contributed by atoms with Gasteiger partial charge in [-0.15, -0.1) is 21.7 Å². The number of terminal acetylenes is 1. The third-order valence-electron chi connectivity index (χ3n) is 6.44. The lowest BCUT2D eigenvalue weighted by atomic mass is 9.93. The van der Waals surface area contributed by atoms with Gasteiger partial charge in [-0.05, 0) is 31.6 Å². The van der Waals surface area contributed by atoms with Crippen LogP contribution in [0.4, 0.5) is 0 Å². The summed E-state index contributed by atoms with van der Waals surface area (Å²) in [6.45, 7) is 7.64. The molecule has 258 valence electrons. The third kappa shape index (κ3) is 11.4. The predicted molar refractivity (Wildman–Crippen MR) is 183 cm³/mol. The minimum Gasteiger partial charge on any atom is -0.480 e. The summed E-state index contributed by atoms with van der Waals surface area (Å²) in [4.78, 5) is 43.1. The molecule has 0 aliphatic carbocycles. The highest BCUT2D eigenvalue weighted by molar-refractivity contribution is 7.98. The fraction of sp³-hybridized carbons (Fsp3) is 0.500. The molecule has 0 saturated carbocycles. The second-order valence-corrected chi connectivity index (χ2v) is 15.6. The molecule has 0 bridgehead atoms. The van der Waals surface area contributed by atoms with Gasteiger partial charge in [0.1, 0.15) is 29.9 Å². The van der Waals surface area contributed by atoms with Gasteiger partial charge in [0.05, 0.1) is 15.7 Å². The van der Waals surface area contributed by atoms with Gasteiger partial charge in [-0.1, -0.05) is 61.7 Å². The highest BCUT2D eigenvalue weighted by Crippen LogP contribution is 2.36. The Morgan fingerprint density at radius 3 is 2.43 bits per heavy atom. The fourth-order valence-electron chi connectivity index (χ4n) is 3.96. The van der Waals surface area contributed by atoms with E-state index in [4.69, 9.17) is 55.9 Å². The van der Waals surface area contributed by atoms with Crippen LogP contribution < -0.4 is 27.6 Å². The molecule has 3 aromatic rings. The normalized spacial score (nSPS) is 14.2. The number of carboxylic acids is 1. The van der Waals surface area contributed by atoms with Gasteiger partial charge in [-0.3, -0.25) is 18.7 Å². The second-order valence-electron chi connectivity index (χ2n) is 11.4. The first-order valence-corrected chi connectivity index (χ1v) is 18.4. The number of nitrogen functional groups attached to an aromatic ring is 1. The average Bonchev–Trinajstić information content (AvgIpc) is 3.32. The molecule has 1 aromatic carbocycles. The minimum absolute atomic E-state index is 0.0412. The van der Waals surface area contributed by atoms with Crippen LogP contribution in [-0.4, -0.2) is 76.9 Å². The van der Waals surface area contributed by atoms with Crippen LogP contribution in [-0.2, 0) is 27.7 Å². The molecule has 4 rings (SSSR count). The van der Waals surface area contributed by atoms with E-state index in [9.17, 15) is 18.9 Å². The van der Waals surface area contributed by atoms with Gasteiger partial charge in [-0.25, -0.2) is 4.79 Å². The van der Waals surface area contributed by atoms with Crippen LogP contribution in [0.15, 0.2) is 26.9 Å². The van der Waals surface area contributed by atoms with Crippen molar-refractivity contribution in [3.05, 3.63) is 54.5 Å². The lowest BCUT2D eigenvalue weighted by Gasteiger charge is -2.16. The van der Waals surface area contributed by atoms with E-state index < -0.39 is 19.4 Å². The number of hydrogen-bond donors (Lipinski definition) is 4. The molecular formula is C28H39Cl2N8O7PS. The zero-order chi connectivity index (χ0) is 35.7. The van der Waals surface area contributed by atoms with Crippen molar-refractivity contribution in [1.82, 2.24) is 29.2 Å². The Hall–Kier alpha value is -3.32. The largest absolute Gasteiger partial charge is 0.480 e. The number of hydrogen-bond acceptors (Lipinski definition) is 11. The SMILES string of the molecule is C#CCOc1cc(-n2nc3n(c2=O)CCCC3)c(Cl)cc1Cl.CP(=O)(O)CCC(N)C(=O)O.CSc1nnc(C(C)(C)C)c(=O)n1N. The summed E-state index contributed by atoms with van der Waals surface area (Å²) in [6, 6.07) is 2.08. The molecule has 1 aliphatic rings. The quantitative estimate of drug-likeness (QED) is 0.113. The van der Waals surface area contributed by atoms with Crippen LogP contribution in [0, 0.1) is 12.3 Å². The Morgan fingerprint density at radius 2 is 1.89 bits per heavy atom. The predicted octanol–water partition coefficient (Wildman–Crippen LogP) is 2.75. The van der Waals surface area contributed by atoms with Crippen molar-refractivity contribution < 1.29 is 24.1 Å². The van der Waals surface area contributed by atoms with Crippen molar-refractivity contribution in [3.63, 3.8) is 0 Å². The summed E-state index contributed by atoms with van der Waals surface area (Å²) in [5, 5.41) is 21.5. The molecule has 2 unspecified atom stereocenters. The number of aryl methyl sites for hydroxylation is 1. The number of benzene rings is 1. The number of nitrogens with two attached hydrogens (primary N) is 2. The van der Waals surface area contributed by atoms with Gasteiger partial charge in [0.2, 0.25) is 5.16 Å². The standard InChI is InChI=1S/C15H13Cl2N3O2.C8H14N4OS.C5H12NO4P/c1-2-7-22-13-9-12(10(16)8-11(13)17)20-15(21)19-6-4-3-5-14(19)18-20;1-8(2,3)5-6(13)12(9)7(14-4)11-10-5;1-11(9,10)3-2-4(6)5(7)8/h1,8-9H,3-7H2;9H2,1-4H3;4H,2-3,6H2,1H3,(H,7,8)(H,9,10). The van der Waals surface area contributed by atoms with Crippen LogP contribution in [0.1, 0.15) is 51.6 Å². The molecule has 2 atom stereocenters. The highest BCUT2D eigenvalue weighted by atomic mass is 35.5. The van der Waals surface area contributed by atoms with Crippen molar-refractivity contribution in [2.45, 2.75) is 69.6 Å². The van der Waals surface area contributed by atoms with Crippen LogP contribution in [0.25, 0.3) is 5.69 Å². The third-order valence-corrected chi connectivity index (χ3v) is 8.77. The van der Waals surface area contributed by atoms with Gasteiger partial charge in [0.25, 0.3) is 5.56 Å². The first kappa shape index (κ1) is 39.9. The molecule has 47 heavy (non-hydrogen) atoms. The summed E-state index contributed by atoms with van der Waals surface area (Å²) in [5.41, 5.74) is 5.10. The average molecular weight is 734 g/mol. The van der Waals surface area contributed by atoms with Crippen molar-refractivity contribution >= 4 is 48.3 Å². The first-order valence-electron chi connectivity index (χ1n) is 14.1. The topological polar surface area (TPSA) is 223 Å². The molecule has 3 heterocycles. The van der Waals surface area contributed by atoms with E-state index in [2.05, 4.69) is 21.2 Å². The molecule has 2 aromatic heterocycles. The van der Waals surface area contributed by atoms with Crippen molar-refractivity contribution in [2.24, 2.45) is 5.73 Å². The number of halogens is 2. The first-order chi connectivity index (χ1) is 21.8. The molecule has 0 amide bonds. The Labute approximate surface area is 286 Å². The number of nitrogens with zero attached hydrogens (tertiary/aromatic N) is 6. The zero-order valence-corrected chi connectivity index (χ0v) is 29.9. The summed E-state index contributed by atoms with van der Waals surface area (Å²) in [6.07, 6.45) is 9.77. The van der Waals surface area contributed by atoms with E-state index >= 15 is 0 Å². The van der Waals surface area contributed by atoms with Gasteiger partial charge < -0.3 is 26.3 Å². The molecule has 0 spiro atoms. The zero-order valence-electron chi connectivity index (χ0n) is 26.6. The maximum atomic E-state index is 12.5. The molecular weight excluding hydrogens is 694 g/mol. The van der Waals surface area contributed by atoms with Gasteiger partial charge >= 0.3 is 11.7 Å². The number of carboxylic acid groups (broad SMARTS) is 1. The van der Waals surface area contributed by atoms with E-state index in [0.29, 0.717) is 38.9 Å². The Balaban J connectivity index is 0.000000266. The summed E-state index contributed by atoms with van der Waals surface area (Å²) in [7, 11) is -3.10. The van der Waals surface area contributed by atoms with Crippen molar-refractivity contribution in [3.8, 4) is 23.8 Å². The maximum absolute atomic E-state index is 12.5. The smallest absolute Gasteiger partial charge is 0.350 e. The lowest BCUT2D eigenvalue weighted by Crippen LogP contribution is -2.37. The van der Waals surface area contributed by atoms with E-state index in [-0.39, 0.29) is 35.9 Å². The molecule has 1 aliphatic heterocycles. The fourth-order valence-corrected chi connectivity index (χ4v) is 5.64.